The highest BCUT2D eigenvalue weighted by Gasteiger charge is 2.15. The minimum absolute atomic E-state index is 0.111. The summed E-state index contributed by atoms with van der Waals surface area (Å²) in [5, 5.41) is 0. The van der Waals surface area contributed by atoms with Gasteiger partial charge in [0, 0.05) is 4.47 Å². The Morgan fingerprint density at radius 2 is 1.65 bits per heavy atom. The molecule has 0 spiro atoms. The summed E-state index contributed by atoms with van der Waals surface area (Å²) in [7, 11) is 3.29. The van der Waals surface area contributed by atoms with Gasteiger partial charge in [-0.15, -0.1) is 0 Å². The van der Waals surface area contributed by atoms with Crippen molar-refractivity contribution in [2.24, 2.45) is 0 Å². The molecule has 1 unspecified atom stereocenters. The van der Waals surface area contributed by atoms with Gasteiger partial charge in [0.1, 0.15) is 0 Å². The normalized spacial score (nSPS) is 12.1. The Morgan fingerprint density at radius 1 is 0.950 bits per heavy atom. The van der Waals surface area contributed by atoms with E-state index in [0.717, 1.165) is 21.5 Å². The molecule has 0 radical (unpaired) electrons. The van der Waals surface area contributed by atoms with Crippen molar-refractivity contribution >= 4 is 31.9 Å². The molecule has 0 N–H and O–H groups in total. The summed E-state index contributed by atoms with van der Waals surface area (Å²) in [4.78, 5) is 0.111. The third-order valence-electron chi connectivity index (χ3n) is 3.21. The van der Waals surface area contributed by atoms with Gasteiger partial charge in [0.15, 0.2) is 11.5 Å². The summed E-state index contributed by atoms with van der Waals surface area (Å²) in [5.41, 5.74) is 3.60. The van der Waals surface area contributed by atoms with Crippen molar-refractivity contribution in [3.63, 3.8) is 0 Å². The number of hydrogen-bond donors (Lipinski definition) is 0. The summed E-state index contributed by atoms with van der Waals surface area (Å²) in [6.07, 6.45) is 0. The quantitative estimate of drug-likeness (QED) is 0.653. The Labute approximate surface area is 136 Å². The highest BCUT2D eigenvalue weighted by molar-refractivity contribution is 9.10. The molecule has 106 valence electrons. The van der Waals surface area contributed by atoms with Crippen LogP contribution < -0.4 is 9.47 Å². The summed E-state index contributed by atoms with van der Waals surface area (Å²) in [6, 6.07) is 12.3. The zero-order valence-corrected chi connectivity index (χ0v) is 14.8. The maximum absolute atomic E-state index is 5.36. The molecular weight excluding hydrogens is 384 g/mol. The predicted octanol–water partition coefficient (Wildman–Crippen LogP) is 5.26. The maximum Gasteiger partial charge on any atom is 0.161 e. The first-order chi connectivity index (χ1) is 9.56. The Morgan fingerprint density at radius 3 is 2.30 bits per heavy atom. The molecule has 0 fully saturated rings. The molecule has 0 heterocycles. The largest absolute Gasteiger partial charge is 0.493 e. The molecule has 2 nitrogen and oxygen atoms in total. The third kappa shape index (κ3) is 3.18. The maximum atomic E-state index is 5.36. The number of aryl methyl sites for hydroxylation is 1. The van der Waals surface area contributed by atoms with E-state index in [1.165, 1.54) is 11.1 Å². The average Bonchev–Trinajstić information content (AvgIpc) is 2.48. The molecule has 0 aliphatic rings. The third-order valence-corrected chi connectivity index (χ3v) is 4.73. The molecule has 0 saturated carbocycles. The van der Waals surface area contributed by atoms with Crippen molar-refractivity contribution in [3.8, 4) is 11.5 Å². The molecule has 0 aliphatic heterocycles. The zero-order valence-electron chi connectivity index (χ0n) is 11.6. The van der Waals surface area contributed by atoms with Gasteiger partial charge in [-0.1, -0.05) is 44.0 Å². The molecule has 0 amide bonds. The second-order valence-electron chi connectivity index (χ2n) is 4.48. The lowest BCUT2D eigenvalue weighted by molar-refractivity contribution is 0.354. The molecular formula is C16H16Br2O2. The fourth-order valence-electron chi connectivity index (χ4n) is 2.07. The van der Waals surface area contributed by atoms with Crippen LogP contribution in [0.5, 0.6) is 11.5 Å². The second kappa shape index (κ2) is 6.64. The average molecular weight is 400 g/mol. The lowest BCUT2D eigenvalue weighted by atomic mass is 10.0. The first-order valence-corrected chi connectivity index (χ1v) is 7.89. The minimum Gasteiger partial charge on any atom is -0.493 e. The Bertz CT molecular complexity index is 611. The van der Waals surface area contributed by atoms with Gasteiger partial charge in [-0.05, 0) is 47.9 Å². The molecule has 20 heavy (non-hydrogen) atoms. The first kappa shape index (κ1) is 15.4. The summed E-state index contributed by atoms with van der Waals surface area (Å²) >= 11 is 7.29. The van der Waals surface area contributed by atoms with Gasteiger partial charge in [0.2, 0.25) is 0 Å². The van der Waals surface area contributed by atoms with Crippen molar-refractivity contribution in [2.75, 3.05) is 14.2 Å². The molecule has 0 saturated heterocycles. The van der Waals surface area contributed by atoms with Crippen molar-refractivity contribution in [1.29, 1.82) is 0 Å². The van der Waals surface area contributed by atoms with Crippen LogP contribution in [-0.4, -0.2) is 14.2 Å². The molecule has 2 aromatic carbocycles. The van der Waals surface area contributed by atoms with Crippen LogP contribution in [0.15, 0.2) is 40.9 Å². The molecule has 4 heteroatoms. The van der Waals surface area contributed by atoms with E-state index < -0.39 is 0 Å². The van der Waals surface area contributed by atoms with E-state index in [4.69, 9.17) is 9.47 Å². The van der Waals surface area contributed by atoms with Crippen LogP contribution in [0.3, 0.4) is 0 Å². The number of benzene rings is 2. The molecule has 2 aromatic rings. The lowest BCUT2D eigenvalue weighted by Gasteiger charge is -2.16. The van der Waals surface area contributed by atoms with Crippen LogP contribution in [0, 0.1) is 6.92 Å². The standard InChI is InChI=1S/C16H16Br2O2/c1-10-4-6-12(17)9-13(10)16(18)11-5-7-14(19-2)15(8-11)20-3/h4-9,16H,1-3H3. The van der Waals surface area contributed by atoms with Gasteiger partial charge in [-0.25, -0.2) is 0 Å². The molecule has 0 bridgehead atoms. The van der Waals surface area contributed by atoms with Crippen molar-refractivity contribution in [2.45, 2.75) is 11.8 Å². The van der Waals surface area contributed by atoms with Gasteiger partial charge in [-0.3, -0.25) is 0 Å². The fourth-order valence-corrected chi connectivity index (χ4v) is 3.23. The van der Waals surface area contributed by atoms with Crippen molar-refractivity contribution in [1.82, 2.24) is 0 Å². The topological polar surface area (TPSA) is 18.5 Å². The minimum atomic E-state index is 0.111. The van der Waals surface area contributed by atoms with Gasteiger partial charge in [-0.2, -0.15) is 0 Å². The highest BCUT2D eigenvalue weighted by atomic mass is 79.9. The van der Waals surface area contributed by atoms with E-state index in [9.17, 15) is 0 Å². The molecule has 0 aromatic heterocycles. The van der Waals surface area contributed by atoms with E-state index in [1.54, 1.807) is 14.2 Å². The van der Waals surface area contributed by atoms with E-state index in [2.05, 4.69) is 50.9 Å². The van der Waals surface area contributed by atoms with Crippen LogP contribution in [0.2, 0.25) is 0 Å². The molecule has 0 aliphatic carbocycles. The summed E-state index contributed by atoms with van der Waals surface area (Å²) in [6.45, 7) is 2.11. The zero-order chi connectivity index (χ0) is 14.7. The van der Waals surface area contributed by atoms with Gasteiger partial charge >= 0.3 is 0 Å². The number of methoxy groups -OCH3 is 2. The lowest BCUT2D eigenvalue weighted by Crippen LogP contribution is -1.98. The number of hydrogen-bond acceptors (Lipinski definition) is 2. The highest BCUT2D eigenvalue weighted by Crippen LogP contribution is 2.38. The monoisotopic (exact) mass is 398 g/mol. The second-order valence-corrected chi connectivity index (χ2v) is 6.31. The van der Waals surface area contributed by atoms with E-state index in [0.29, 0.717) is 0 Å². The van der Waals surface area contributed by atoms with Crippen molar-refractivity contribution < 1.29 is 9.47 Å². The smallest absolute Gasteiger partial charge is 0.161 e. The van der Waals surface area contributed by atoms with Gasteiger partial charge < -0.3 is 9.47 Å². The SMILES string of the molecule is COc1ccc(C(Br)c2cc(Br)ccc2C)cc1OC. The first-order valence-electron chi connectivity index (χ1n) is 6.19. The summed E-state index contributed by atoms with van der Waals surface area (Å²) < 4.78 is 11.7. The van der Waals surface area contributed by atoms with Gasteiger partial charge in [0.05, 0.1) is 19.0 Å². The van der Waals surface area contributed by atoms with E-state index in [1.807, 2.05) is 24.3 Å². The van der Waals surface area contributed by atoms with Crippen LogP contribution in [0.4, 0.5) is 0 Å². The number of halogens is 2. The fraction of sp³-hybridized carbons (Fsp3) is 0.250. The van der Waals surface area contributed by atoms with Crippen LogP contribution in [0.1, 0.15) is 21.5 Å². The number of alkyl halides is 1. The van der Waals surface area contributed by atoms with Crippen LogP contribution in [-0.2, 0) is 0 Å². The number of rotatable bonds is 4. The van der Waals surface area contributed by atoms with Gasteiger partial charge in [0.25, 0.3) is 0 Å². The Hall–Kier alpha value is -1.00. The Kier molecular flexibility index (Phi) is 5.11. The van der Waals surface area contributed by atoms with E-state index >= 15 is 0 Å². The van der Waals surface area contributed by atoms with Crippen molar-refractivity contribution in [3.05, 3.63) is 57.6 Å². The molecule has 2 rings (SSSR count). The summed E-state index contributed by atoms with van der Waals surface area (Å²) in [5.74, 6) is 1.48. The van der Waals surface area contributed by atoms with Crippen LogP contribution in [0.25, 0.3) is 0 Å². The number of ether oxygens (including phenoxy) is 2. The Balaban J connectivity index is 2.42. The van der Waals surface area contributed by atoms with E-state index in [-0.39, 0.29) is 4.83 Å². The molecule has 1 atom stereocenters. The van der Waals surface area contributed by atoms with Crippen LogP contribution >= 0.6 is 31.9 Å². The predicted molar refractivity (Wildman–Crippen MR) is 89.2 cm³/mol.